The summed E-state index contributed by atoms with van der Waals surface area (Å²) < 4.78 is 15.9. The van der Waals surface area contributed by atoms with E-state index >= 15 is 0 Å². The van der Waals surface area contributed by atoms with E-state index < -0.39 is 6.10 Å². The molecule has 1 aromatic heterocycles. The number of aromatic nitrogens is 1. The third-order valence-corrected chi connectivity index (χ3v) is 5.15. The number of rotatable bonds is 6. The van der Waals surface area contributed by atoms with Crippen LogP contribution in [0.3, 0.4) is 0 Å². The molecule has 0 unspecified atom stereocenters. The molecule has 0 radical (unpaired) electrons. The van der Waals surface area contributed by atoms with Gasteiger partial charge in [-0.05, 0) is 38.0 Å². The lowest BCUT2D eigenvalue weighted by Gasteiger charge is -2.30. The van der Waals surface area contributed by atoms with E-state index in [1.807, 2.05) is 0 Å². The lowest BCUT2D eigenvalue weighted by molar-refractivity contribution is -0.123. The number of piperidine rings is 1. The van der Waals surface area contributed by atoms with Crippen molar-refractivity contribution in [2.75, 3.05) is 27.3 Å². The zero-order valence-electron chi connectivity index (χ0n) is 16.7. The summed E-state index contributed by atoms with van der Waals surface area (Å²) in [6, 6.07) is 5.14. The van der Waals surface area contributed by atoms with Gasteiger partial charge in [-0.2, -0.15) is 0 Å². The van der Waals surface area contributed by atoms with Crippen LogP contribution in [0.25, 0.3) is 11.3 Å². The number of likely N-dealkylation sites (tertiary alicyclic amines) is 1. The highest BCUT2D eigenvalue weighted by Gasteiger charge is 2.33. The van der Waals surface area contributed by atoms with Crippen LogP contribution >= 0.6 is 0 Å². The number of carbonyl (C=O) groups excluding carboxylic acids is 2. The number of benzene rings is 1. The number of amides is 2. The Balaban J connectivity index is 1.97. The molecule has 1 aliphatic heterocycles. The summed E-state index contributed by atoms with van der Waals surface area (Å²) in [4.78, 5) is 26.3. The summed E-state index contributed by atoms with van der Waals surface area (Å²) in [6.45, 7) is 2.29. The first kappa shape index (κ1) is 20.7. The lowest BCUT2D eigenvalue weighted by Crippen LogP contribution is -2.42. The fourth-order valence-corrected chi connectivity index (χ4v) is 3.50. The highest BCUT2D eigenvalue weighted by molar-refractivity contribution is 6.01. The van der Waals surface area contributed by atoms with Crippen molar-refractivity contribution < 1.29 is 28.7 Å². The SMILES string of the molecule is COc1ccc(-c2noc([C@H](C)O)c2C(=O)N2CCC(C(N)=O)CC2)cc1OC. The summed E-state index contributed by atoms with van der Waals surface area (Å²) >= 11 is 0. The third kappa shape index (κ3) is 4.04. The van der Waals surface area contributed by atoms with E-state index in [0.29, 0.717) is 48.7 Å². The first-order valence-electron chi connectivity index (χ1n) is 9.36. The van der Waals surface area contributed by atoms with Crippen LogP contribution in [0.4, 0.5) is 0 Å². The summed E-state index contributed by atoms with van der Waals surface area (Å²) in [5.74, 6) is 0.219. The number of hydrogen-bond acceptors (Lipinski definition) is 7. The molecule has 156 valence electrons. The molecular formula is C20H25N3O6. The monoisotopic (exact) mass is 403 g/mol. The molecule has 0 spiro atoms. The molecule has 29 heavy (non-hydrogen) atoms. The van der Waals surface area contributed by atoms with E-state index in [1.165, 1.54) is 21.1 Å². The van der Waals surface area contributed by atoms with Gasteiger partial charge in [0, 0.05) is 24.6 Å². The van der Waals surface area contributed by atoms with Gasteiger partial charge >= 0.3 is 0 Å². The second-order valence-corrected chi connectivity index (χ2v) is 6.99. The minimum Gasteiger partial charge on any atom is -0.493 e. The largest absolute Gasteiger partial charge is 0.493 e. The van der Waals surface area contributed by atoms with Crippen LogP contribution in [0.15, 0.2) is 22.7 Å². The van der Waals surface area contributed by atoms with Crippen molar-refractivity contribution >= 4 is 11.8 Å². The molecule has 1 atom stereocenters. The number of nitrogens with two attached hydrogens (primary N) is 1. The zero-order valence-corrected chi connectivity index (χ0v) is 16.7. The smallest absolute Gasteiger partial charge is 0.259 e. The Morgan fingerprint density at radius 3 is 2.45 bits per heavy atom. The lowest BCUT2D eigenvalue weighted by atomic mass is 9.95. The Kier molecular flexibility index (Phi) is 6.07. The van der Waals surface area contributed by atoms with E-state index in [1.54, 1.807) is 23.1 Å². The number of carbonyl (C=O) groups is 2. The zero-order chi connectivity index (χ0) is 21.1. The summed E-state index contributed by atoms with van der Waals surface area (Å²) in [5, 5.41) is 14.1. The molecule has 1 aromatic carbocycles. The summed E-state index contributed by atoms with van der Waals surface area (Å²) in [5.41, 5.74) is 6.48. The second kappa shape index (κ2) is 8.52. The third-order valence-electron chi connectivity index (χ3n) is 5.15. The number of ether oxygens (including phenoxy) is 2. The van der Waals surface area contributed by atoms with Crippen molar-refractivity contribution in [2.45, 2.75) is 25.9 Å². The van der Waals surface area contributed by atoms with Gasteiger partial charge in [-0.15, -0.1) is 0 Å². The number of methoxy groups -OCH3 is 2. The fourth-order valence-electron chi connectivity index (χ4n) is 3.50. The number of aliphatic hydroxyl groups excluding tert-OH is 1. The first-order valence-corrected chi connectivity index (χ1v) is 9.36. The normalized spacial score (nSPS) is 15.8. The Morgan fingerprint density at radius 2 is 1.90 bits per heavy atom. The van der Waals surface area contributed by atoms with Gasteiger partial charge in [-0.1, -0.05) is 5.16 Å². The second-order valence-electron chi connectivity index (χ2n) is 6.99. The summed E-state index contributed by atoms with van der Waals surface area (Å²) in [7, 11) is 3.05. The molecule has 9 nitrogen and oxygen atoms in total. The highest BCUT2D eigenvalue weighted by Crippen LogP contribution is 2.36. The van der Waals surface area contributed by atoms with Gasteiger partial charge in [0.05, 0.1) is 14.2 Å². The van der Waals surface area contributed by atoms with E-state index in [0.717, 1.165) is 0 Å². The van der Waals surface area contributed by atoms with E-state index in [4.69, 9.17) is 19.7 Å². The molecule has 3 rings (SSSR count). The van der Waals surface area contributed by atoms with Crippen molar-refractivity contribution in [1.29, 1.82) is 0 Å². The molecule has 2 aromatic rings. The predicted octanol–water partition coefficient (Wildman–Crippen LogP) is 1.75. The Morgan fingerprint density at radius 1 is 1.24 bits per heavy atom. The molecule has 9 heteroatoms. The molecule has 1 fully saturated rings. The van der Waals surface area contributed by atoms with Crippen molar-refractivity contribution in [3.05, 3.63) is 29.5 Å². The number of primary amides is 1. The molecule has 2 amide bonds. The minimum absolute atomic E-state index is 0.0943. The minimum atomic E-state index is -1.02. The number of hydrogen-bond donors (Lipinski definition) is 2. The van der Waals surface area contributed by atoms with Gasteiger partial charge in [-0.3, -0.25) is 9.59 Å². The van der Waals surface area contributed by atoms with Gasteiger partial charge in [0.2, 0.25) is 5.91 Å². The molecule has 0 saturated carbocycles. The van der Waals surface area contributed by atoms with Crippen LogP contribution in [0.5, 0.6) is 11.5 Å². The van der Waals surface area contributed by atoms with E-state index in [2.05, 4.69) is 5.16 Å². The molecule has 0 bridgehead atoms. The van der Waals surface area contributed by atoms with Gasteiger partial charge in [-0.25, -0.2) is 0 Å². The molecule has 3 N–H and O–H groups in total. The van der Waals surface area contributed by atoms with Crippen LogP contribution in [0.2, 0.25) is 0 Å². The maximum atomic E-state index is 13.3. The van der Waals surface area contributed by atoms with Crippen molar-refractivity contribution in [3.63, 3.8) is 0 Å². The molecule has 2 heterocycles. The number of aliphatic hydroxyl groups is 1. The molecular weight excluding hydrogens is 378 g/mol. The molecule has 0 aliphatic carbocycles. The van der Waals surface area contributed by atoms with Gasteiger partial charge in [0.1, 0.15) is 17.4 Å². The molecule has 1 saturated heterocycles. The standard InChI is InChI=1S/C20H25N3O6/c1-11(24)18-16(20(26)23-8-6-12(7-9-23)19(21)25)17(22-29-18)13-4-5-14(27-2)15(10-13)28-3/h4-5,10-12,24H,6-9H2,1-3H3,(H2,21,25)/t11-/m0/s1. The fraction of sp³-hybridized carbons (Fsp3) is 0.450. The van der Waals surface area contributed by atoms with Crippen LogP contribution in [-0.2, 0) is 4.79 Å². The maximum absolute atomic E-state index is 13.3. The Labute approximate surface area is 168 Å². The first-order chi connectivity index (χ1) is 13.9. The van der Waals surface area contributed by atoms with Gasteiger partial charge < -0.3 is 29.7 Å². The van der Waals surface area contributed by atoms with Crippen LogP contribution in [0, 0.1) is 5.92 Å². The van der Waals surface area contributed by atoms with Crippen molar-refractivity contribution in [2.24, 2.45) is 11.7 Å². The average molecular weight is 403 g/mol. The van der Waals surface area contributed by atoms with E-state index in [9.17, 15) is 14.7 Å². The average Bonchev–Trinajstić information content (AvgIpc) is 3.18. The molecule has 1 aliphatic rings. The van der Waals surface area contributed by atoms with Gasteiger partial charge in [0.25, 0.3) is 5.91 Å². The van der Waals surface area contributed by atoms with E-state index in [-0.39, 0.29) is 29.1 Å². The van der Waals surface area contributed by atoms with Crippen LogP contribution in [-0.4, -0.2) is 54.3 Å². The van der Waals surface area contributed by atoms with Crippen molar-refractivity contribution in [1.82, 2.24) is 10.1 Å². The summed E-state index contributed by atoms with van der Waals surface area (Å²) in [6.07, 6.45) is -0.0112. The van der Waals surface area contributed by atoms with Gasteiger partial charge in [0.15, 0.2) is 17.3 Å². The van der Waals surface area contributed by atoms with Crippen LogP contribution < -0.4 is 15.2 Å². The predicted molar refractivity (Wildman–Crippen MR) is 103 cm³/mol. The van der Waals surface area contributed by atoms with Crippen molar-refractivity contribution in [3.8, 4) is 22.8 Å². The highest BCUT2D eigenvalue weighted by atomic mass is 16.5. The quantitative estimate of drug-likeness (QED) is 0.752. The Bertz CT molecular complexity index is 900. The maximum Gasteiger partial charge on any atom is 0.259 e. The topological polar surface area (TPSA) is 128 Å². The van der Waals surface area contributed by atoms with Crippen LogP contribution in [0.1, 0.15) is 42.0 Å². The number of nitrogens with zero attached hydrogens (tertiary/aromatic N) is 2. The Hall–Kier alpha value is -3.07.